The minimum absolute atomic E-state index is 0.127. The number of carboxylic acid groups (broad SMARTS) is 1. The van der Waals surface area contributed by atoms with Gasteiger partial charge in [0, 0.05) is 13.0 Å². The summed E-state index contributed by atoms with van der Waals surface area (Å²) in [5.41, 5.74) is -0.198. The van der Waals surface area contributed by atoms with E-state index in [4.69, 9.17) is 22.1 Å². The highest BCUT2D eigenvalue weighted by atomic mass is 32.2. The summed E-state index contributed by atoms with van der Waals surface area (Å²) in [6, 6.07) is 11.5. The van der Waals surface area contributed by atoms with Gasteiger partial charge in [-0.25, -0.2) is 0 Å². The molecule has 0 spiro atoms. The van der Waals surface area contributed by atoms with Crippen LogP contribution in [-0.4, -0.2) is 58.1 Å². The van der Waals surface area contributed by atoms with E-state index >= 15 is 0 Å². The molecule has 1 aromatic carbocycles. The first-order chi connectivity index (χ1) is 13.5. The summed E-state index contributed by atoms with van der Waals surface area (Å²) >= 11 is 6.73. The third-order valence-corrected chi connectivity index (χ3v) is 6.09. The van der Waals surface area contributed by atoms with Crippen molar-refractivity contribution < 1.29 is 19.4 Å². The summed E-state index contributed by atoms with van der Waals surface area (Å²) in [6.45, 7) is 4.18. The van der Waals surface area contributed by atoms with E-state index in [1.165, 1.54) is 11.8 Å². The molecule has 0 aliphatic rings. The Labute approximate surface area is 182 Å². The number of hydrogen-bond acceptors (Lipinski definition) is 7. The van der Waals surface area contributed by atoms with Gasteiger partial charge in [0.15, 0.2) is 0 Å². The topological polar surface area (TPSA) is 90.6 Å². The molecule has 0 bridgehead atoms. The Morgan fingerprint density at radius 1 is 1.28 bits per heavy atom. The standard InChI is InChI=1S/C21H28N2O4S2/c1-20(15-22,11-10-17(24)25)14-21(2,19(26)27-13-12-23(3)4)29-18(28)16-8-6-5-7-9-16/h5-9H,10-14H2,1-4H3,(H,24,25). The van der Waals surface area contributed by atoms with E-state index in [9.17, 15) is 14.9 Å². The van der Waals surface area contributed by atoms with E-state index in [-0.39, 0.29) is 25.9 Å². The minimum atomic E-state index is -1.12. The summed E-state index contributed by atoms with van der Waals surface area (Å²) < 4.78 is 4.89. The number of carboxylic acids is 1. The largest absolute Gasteiger partial charge is 0.481 e. The van der Waals surface area contributed by atoms with E-state index in [1.54, 1.807) is 13.8 Å². The quantitative estimate of drug-likeness (QED) is 0.414. The molecular weight excluding hydrogens is 408 g/mol. The highest BCUT2D eigenvalue weighted by Gasteiger charge is 2.44. The normalized spacial score (nSPS) is 15.0. The van der Waals surface area contributed by atoms with Crippen molar-refractivity contribution in [1.82, 2.24) is 4.90 Å². The lowest BCUT2D eigenvalue weighted by molar-refractivity contribution is -0.147. The summed E-state index contributed by atoms with van der Waals surface area (Å²) in [4.78, 5) is 25.9. The maximum atomic E-state index is 13.0. The minimum Gasteiger partial charge on any atom is -0.481 e. The van der Waals surface area contributed by atoms with Gasteiger partial charge in [0.25, 0.3) is 0 Å². The molecule has 0 aliphatic carbocycles. The summed E-state index contributed by atoms with van der Waals surface area (Å²) in [5.74, 6) is -1.44. The molecule has 6 nitrogen and oxygen atoms in total. The number of carbonyl (C=O) groups is 2. The van der Waals surface area contributed by atoms with E-state index in [0.29, 0.717) is 10.7 Å². The lowest BCUT2D eigenvalue weighted by atomic mass is 9.78. The highest BCUT2D eigenvalue weighted by molar-refractivity contribution is 8.25. The summed E-state index contributed by atoms with van der Waals surface area (Å²) in [7, 11) is 3.76. The fourth-order valence-electron chi connectivity index (χ4n) is 2.77. The number of carbonyl (C=O) groups excluding carboxylic acids is 1. The van der Waals surface area contributed by atoms with Crippen LogP contribution in [0.3, 0.4) is 0 Å². The zero-order valence-corrected chi connectivity index (χ0v) is 18.9. The van der Waals surface area contributed by atoms with Crippen molar-refractivity contribution in [3.8, 4) is 6.07 Å². The number of esters is 1. The van der Waals surface area contributed by atoms with Gasteiger partial charge in [-0.3, -0.25) is 9.59 Å². The van der Waals surface area contributed by atoms with Crippen LogP contribution in [-0.2, 0) is 14.3 Å². The predicted molar refractivity (Wildman–Crippen MR) is 119 cm³/mol. The zero-order chi connectivity index (χ0) is 22.1. The molecule has 29 heavy (non-hydrogen) atoms. The number of likely N-dealkylation sites (N-methyl/N-ethyl adjacent to an activating group) is 1. The third-order valence-electron chi connectivity index (χ3n) is 4.42. The van der Waals surface area contributed by atoms with Crippen molar-refractivity contribution in [2.75, 3.05) is 27.2 Å². The van der Waals surface area contributed by atoms with Gasteiger partial charge in [0.1, 0.15) is 11.4 Å². The molecular formula is C21H28N2O4S2. The van der Waals surface area contributed by atoms with Gasteiger partial charge in [0.2, 0.25) is 0 Å². The second-order valence-corrected chi connectivity index (χ2v) is 9.85. The Bertz CT molecular complexity index is 764. The summed E-state index contributed by atoms with van der Waals surface area (Å²) in [6.07, 6.45) is 0.115. The van der Waals surface area contributed by atoms with Crippen LogP contribution in [0.2, 0.25) is 0 Å². The van der Waals surface area contributed by atoms with Crippen LogP contribution in [0.4, 0.5) is 0 Å². The fourth-order valence-corrected chi connectivity index (χ4v) is 4.66. The lowest BCUT2D eigenvalue weighted by Crippen LogP contribution is -2.40. The number of nitrogens with zero attached hydrogens (tertiary/aromatic N) is 2. The van der Waals surface area contributed by atoms with Crippen molar-refractivity contribution in [3.05, 3.63) is 35.9 Å². The Hall–Kier alpha value is -1.95. The van der Waals surface area contributed by atoms with Crippen LogP contribution >= 0.6 is 24.0 Å². The fraction of sp³-hybridized carbons (Fsp3) is 0.524. The molecule has 0 aliphatic heterocycles. The van der Waals surface area contributed by atoms with Crippen LogP contribution in [0.25, 0.3) is 0 Å². The smallest absolute Gasteiger partial charge is 0.322 e. The molecule has 0 saturated carbocycles. The molecule has 0 fully saturated rings. The van der Waals surface area contributed by atoms with E-state index in [2.05, 4.69) is 6.07 Å². The van der Waals surface area contributed by atoms with Gasteiger partial charge in [-0.2, -0.15) is 5.26 Å². The Morgan fingerprint density at radius 3 is 2.41 bits per heavy atom. The predicted octanol–water partition coefficient (Wildman–Crippen LogP) is 3.74. The molecule has 2 unspecified atom stereocenters. The van der Waals surface area contributed by atoms with E-state index in [0.717, 1.165) is 5.56 Å². The van der Waals surface area contributed by atoms with Gasteiger partial charge in [-0.1, -0.05) is 54.3 Å². The van der Waals surface area contributed by atoms with Crippen LogP contribution in [0.15, 0.2) is 30.3 Å². The molecule has 8 heteroatoms. The van der Waals surface area contributed by atoms with Crippen molar-refractivity contribution in [2.45, 2.75) is 37.9 Å². The highest BCUT2D eigenvalue weighted by Crippen LogP contribution is 2.42. The van der Waals surface area contributed by atoms with Crippen LogP contribution in [0, 0.1) is 16.7 Å². The van der Waals surface area contributed by atoms with Gasteiger partial charge in [-0.15, -0.1) is 0 Å². The number of nitriles is 1. The van der Waals surface area contributed by atoms with Crippen molar-refractivity contribution in [1.29, 1.82) is 5.26 Å². The van der Waals surface area contributed by atoms with Crippen LogP contribution < -0.4 is 0 Å². The number of hydrogen-bond donors (Lipinski definition) is 1. The maximum absolute atomic E-state index is 13.0. The number of thiocarbonyl (C=S) groups is 1. The summed E-state index contributed by atoms with van der Waals surface area (Å²) in [5, 5.41) is 18.7. The van der Waals surface area contributed by atoms with Crippen molar-refractivity contribution in [3.63, 3.8) is 0 Å². The maximum Gasteiger partial charge on any atom is 0.322 e. The molecule has 158 valence electrons. The first-order valence-corrected chi connectivity index (χ1v) is 10.5. The molecule has 1 rings (SSSR count). The second-order valence-electron chi connectivity index (χ2n) is 7.67. The van der Waals surface area contributed by atoms with Crippen LogP contribution in [0.5, 0.6) is 0 Å². The van der Waals surface area contributed by atoms with E-state index in [1.807, 2.05) is 49.3 Å². The SMILES string of the molecule is CN(C)CCOC(=O)C(C)(CC(C)(C#N)CCC(=O)O)SC(=S)c1ccccc1. The van der Waals surface area contributed by atoms with E-state index < -0.39 is 22.1 Å². The molecule has 0 radical (unpaired) electrons. The van der Waals surface area contributed by atoms with Gasteiger partial charge < -0.3 is 14.7 Å². The first kappa shape index (κ1) is 25.1. The van der Waals surface area contributed by atoms with Crippen LogP contribution in [0.1, 0.15) is 38.7 Å². The van der Waals surface area contributed by atoms with Gasteiger partial charge in [-0.05, 0) is 46.3 Å². The number of ether oxygens (including phenoxy) is 1. The molecule has 0 aromatic heterocycles. The Kier molecular flexibility index (Phi) is 9.77. The number of rotatable bonds is 11. The number of thioether (sulfide) groups is 1. The third kappa shape index (κ3) is 8.52. The average molecular weight is 437 g/mol. The Balaban J connectivity index is 3.08. The average Bonchev–Trinajstić information content (AvgIpc) is 2.66. The molecule has 1 N–H and O–H groups in total. The lowest BCUT2D eigenvalue weighted by Gasteiger charge is -2.33. The molecule has 2 atom stereocenters. The second kappa shape index (κ2) is 11.3. The Morgan fingerprint density at radius 2 is 1.90 bits per heavy atom. The molecule has 0 heterocycles. The monoisotopic (exact) mass is 436 g/mol. The number of aliphatic carboxylic acids is 1. The van der Waals surface area contributed by atoms with Gasteiger partial charge in [0.05, 0.1) is 15.7 Å². The molecule has 1 aromatic rings. The first-order valence-electron chi connectivity index (χ1n) is 9.25. The van der Waals surface area contributed by atoms with Gasteiger partial charge >= 0.3 is 11.9 Å². The molecule has 0 saturated heterocycles. The number of benzene rings is 1. The molecule has 0 amide bonds. The van der Waals surface area contributed by atoms with Crippen molar-refractivity contribution >= 4 is 40.1 Å². The zero-order valence-electron chi connectivity index (χ0n) is 17.3. The van der Waals surface area contributed by atoms with Crippen molar-refractivity contribution in [2.24, 2.45) is 5.41 Å².